The molecule has 1 N–H and O–H groups in total. The Morgan fingerprint density at radius 1 is 1.43 bits per heavy atom. The smallest absolute Gasteiger partial charge is 0.329 e. The second-order valence-corrected chi connectivity index (χ2v) is 5.91. The van der Waals surface area contributed by atoms with Gasteiger partial charge in [-0.1, -0.05) is 36.5 Å². The number of likely N-dealkylation sites (tertiary alicyclic amines) is 1. The molecule has 1 aliphatic rings. The van der Waals surface area contributed by atoms with Crippen LogP contribution in [0.3, 0.4) is 0 Å². The lowest BCUT2D eigenvalue weighted by Crippen LogP contribution is -2.53. The van der Waals surface area contributed by atoms with Gasteiger partial charge >= 0.3 is 5.97 Å². The van der Waals surface area contributed by atoms with Crippen LogP contribution in [0.2, 0.25) is 10.2 Å². The van der Waals surface area contributed by atoms with Crippen molar-refractivity contribution in [3.8, 4) is 0 Å². The number of rotatable bonds is 4. The Bertz CT molecular complexity index is 579. The Hall–Kier alpha value is -1.33. The number of hydrogen-bond donors (Lipinski definition) is 1. The van der Waals surface area contributed by atoms with Crippen LogP contribution in [-0.4, -0.2) is 39.0 Å². The molecule has 0 spiro atoms. The van der Waals surface area contributed by atoms with Gasteiger partial charge in [-0.2, -0.15) is 0 Å². The molecule has 1 aliphatic heterocycles. The molecule has 1 unspecified atom stereocenters. The molecule has 1 aromatic rings. The molecule has 114 valence electrons. The third-order valence-electron chi connectivity index (χ3n) is 3.81. The fourth-order valence-corrected chi connectivity index (χ4v) is 3.21. The number of pyridine rings is 1. The number of carbonyl (C=O) groups is 2. The van der Waals surface area contributed by atoms with E-state index in [1.165, 1.54) is 17.0 Å². The summed E-state index contributed by atoms with van der Waals surface area (Å²) in [4.78, 5) is 29.7. The number of carboxylic acids is 1. The Labute approximate surface area is 132 Å². The van der Waals surface area contributed by atoms with Crippen molar-refractivity contribution in [2.45, 2.75) is 38.1 Å². The summed E-state index contributed by atoms with van der Waals surface area (Å²) in [5.74, 6) is -1.45. The Kier molecular flexibility index (Phi) is 4.74. The van der Waals surface area contributed by atoms with Crippen molar-refractivity contribution < 1.29 is 14.7 Å². The molecule has 2 rings (SSSR count). The highest BCUT2D eigenvalue weighted by molar-refractivity contribution is 6.34. The topological polar surface area (TPSA) is 70.5 Å². The fourth-order valence-electron chi connectivity index (χ4n) is 2.87. The maximum absolute atomic E-state index is 12.7. The molecule has 7 heteroatoms. The van der Waals surface area contributed by atoms with Crippen molar-refractivity contribution in [3.63, 3.8) is 0 Å². The van der Waals surface area contributed by atoms with Crippen LogP contribution in [0.4, 0.5) is 0 Å². The van der Waals surface area contributed by atoms with Gasteiger partial charge in [-0.05, 0) is 31.4 Å². The fraction of sp³-hybridized carbons (Fsp3) is 0.500. The monoisotopic (exact) mass is 330 g/mol. The highest BCUT2D eigenvalue weighted by Gasteiger charge is 2.49. The van der Waals surface area contributed by atoms with Gasteiger partial charge in [0.25, 0.3) is 5.91 Å². The van der Waals surface area contributed by atoms with Crippen LogP contribution in [0.5, 0.6) is 0 Å². The summed E-state index contributed by atoms with van der Waals surface area (Å²) in [7, 11) is 0. The van der Waals surface area contributed by atoms with Gasteiger partial charge in [-0.3, -0.25) is 4.79 Å². The highest BCUT2D eigenvalue weighted by atomic mass is 35.5. The first-order valence-corrected chi connectivity index (χ1v) is 7.55. The van der Waals surface area contributed by atoms with Crippen molar-refractivity contribution in [1.82, 2.24) is 9.88 Å². The SMILES string of the molecule is CCCC1(C(=O)O)CCCN1C(=O)c1nc(Cl)ccc1Cl. The van der Waals surface area contributed by atoms with Crippen LogP contribution in [0, 0.1) is 0 Å². The Morgan fingerprint density at radius 2 is 2.14 bits per heavy atom. The van der Waals surface area contributed by atoms with Gasteiger partial charge in [0.1, 0.15) is 16.4 Å². The molecule has 1 amide bonds. The largest absolute Gasteiger partial charge is 0.479 e. The minimum atomic E-state index is -1.17. The molecular formula is C14H16Cl2N2O3. The van der Waals surface area contributed by atoms with Crippen molar-refractivity contribution in [2.75, 3.05) is 6.54 Å². The molecule has 5 nitrogen and oxygen atoms in total. The van der Waals surface area contributed by atoms with Crippen LogP contribution in [-0.2, 0) is 4.79 Å². The zero-order chi connectivity index (χ0) is 15.6. The van der Waals surface area contributed by atoms with Gasteiger partial charge in [0.2, 0.25) is 0 Å². The summed E-state index contributed by atoms with van der Waals surface area (Å²) in [5, 5.41) is 9.94. The predicted molar refractivity (Wildman–Crippen MR) is 79.8 cm³/mol. The summed E-state index contributed by atoms with van der Waals surface area (Å²) >= 11 is 11.8. The van der Waals surface area contributed by atoms with E-state index in [0.717, 1.165) is 0 Å². The third-order valence-corrected chi connectivity index (χ3v) is 4.33. The number of aromatic nitrogens is 1. The van der Waals surface area contributed by atoms with Crippen LogP contribution >= 0.6 is 23.2 Å². The predicted octanol–water partition coefficient (Wildman–Crippen LogP) is 3.25. The van der Waals surface area contributed by atoms with Crippen LogP contribution < -0.4 is 0 Å². The minimum Gasteiger partial charge on any atom is -0.479 e. The molecule has 0 bridgehead atoms. The zero-order valence-corrected chi connectivity index (χ0v) is 13.1. The molecule has 1 saturated heterocycles. The van der Waals surface area contributed by atoms with Gasteiger partial charge in [0.15, 0.2) is 0 Å². The normalized spacial score (nSPS) is 21.6. The van der Waals surface area contributed by atoms with Gasteiger partial charge in [0, 0.05) is 6.54 Å². The van der Waals surface area contributed by atoms with E-state index in [1.807, 2.05) is 6.92 Å². The average Bonchev–Trinajstić information content (AvgIpc) is 2.86. The molecular weight excluding hydrogens is 315 g/mol. The third kappa shape index (κ3) is 2.85. The second kappa shape index (κ2) is 6.20. The van der Waals surface area contributed by atoms with Crippen molar-refractivity contribution >= 4 is 35.1 Å². The lowest BCUT2D eigenvalue weighted by atomic mass is 9.90. The van der Waals surface area contributed by atoms with Crippen molar-refractivity contribution in [2.24, 2.45) is 0 Å². The van der Waals surface area contributed by atoms with E-state index in [9.17, 15) is 14.7 Å². The van der Waals surface area contributed by atoms with E-state index in [-0.39, 0.29) is 15.9 Å². The number of amides is 1. The number of carboxylic acid groups (broad SMARTS) is 1. The number of aliphatic carboxylic acids is 1. The number of halogens is 2. The first kappa shape index (κ1) is 16.0. The summed E-state index contributed by atoms with van der Waals surface area (Å²) in [6.07, 6.45) is 2.18. The van der Waals surface area contributed by atoms with Crippen LogP contribution in [0.1, 0.15) is 43.1 Å². The van der Waals surface area contributed by atoms with E-state index in [2.05, 4.69) is 4.98 Å². The second-order valence-electron chi connectivity index (χ2n) is 5.11. The molecule has 0 aliphatic carbocycles. The van der Waals surface area contributed by atoms with Crippen molar-refractivity contribution in [3.05, 3.63) is 28.0 Å². The molecule has 0 saturated carbocycles. The maximum atomic E-state index is 12.7. The highest BCUT2D eigenvalue weighted by Crippen LogP contribution is 2.36. The van der Waals surface area contributed by atoms with Crippen LogP contribution in [0.25, 0.3) is 0 Å². The summed E-state index contributed by atoms with van der Waals surface area (Å²) in [6, 6.07) is 2.98. The van der Waals surface area contributed by atoms with Gasteiger partial charge < -0.3 is 10.0 Å². The average molecular weight is 331 g/mol. The van der Waals surface area contributed by atoms with E-state index < -0.39 is 17.4 Å². The van der Waals surface area contributed by atoms with Crippen LogP contribution in [0.15, 0.2) is 12.1 Å². The van der Waals surface area contributed by atoms with Gasteiger partial charge in [0.05, 0.1) is 5.02 Å². The standard InChI is InChI=1S/C14H16Cl2N2O3/c1-2-6-14(13(20)21)7-3-8-18(14)12(19)11-9(15)4-5-10(16)17-11/h4-5H,2-3,6-8H2,1H3,(H,20,21). The van der Waals surface area contributed by atoms with Crippen molar-refractivity contribution in [1.29, 1.82) is 0 Å². The zero-order valence-electron chi connectivity index (χ0n) is 11.6. The van der Waals surface area contributed by atoms with Gasteiger partial charge in [-0.25, -0.2) is 9.78 Å². The summed E-state index contributed by atoms with van der Waals surface area (Å²) < 4.78 is 0. The molecule has 0 aromatic carbocycles. The van der Waals surface area contributed by atoms with E-state index in [1.54, 1.807) is 0 Å². The summed E-state index contributed by atoms with van der Waals surface area (Å²) in [5.41, 5.74) is -1.16. The number of nitrogens with zero attached hydrogens (tertiary/aromatic N) is 2. The lowest BCUT2D eigenvalue weighted by molar-refractivity contribution is -0.148. The first-order chi connectivity index (χ1) is 9.92. The maximum Gasteiger partial charge on any atom is 0.329 e. The van der Waals surface area contributed by atoms with E-state index >= 15 is 0 Å². The first-order valence-electron chi connectivity index (χ1n) is 6.80. The molecule has 1 aromatic heterocycles. The molecule has 1 atom stereocenters. The van der Waals surface area contributed by atoms with E-state index in [0.29, 0.717) is 32.2 Å². The lowest BCUT2D eigenvalue weighted by Gasteiger charge is -2.34. The summed E-state index contributed by atoms with van der Waals surface area (Å²) in [6.45, 7) is 2.28. The minimum absolute atomic E-state index is 0.00722. The quantitative estimate of drug-likeness (QED) is 0.860. The number of hydrogen-bond acceptors (Lipinski definition) is 3. The molecule has 21 heavy (non-hydrogen) atoms. The van der Waals surface area contributed by atoms with E-state index in [4.69, 9.17) is 23.2 Å². The Balaban J connectivity index is 2.41. The molecule has 0 radical (unpaired) electrons. The number of carbonyl (C=O) groups excluding carboxylic acids is 1. The van der Waals surface area contributed by atoms with Gasteiger partial charge in [-0.15, -0.1) is 0 Å². The Morgan fingerprint density at radius 3 is 2.76 bits per heavy atom. The molecule has 2 heterocycles. The molecule has 1 fully saturated rings.